The van der Waals surface area contributed by atoms with Crippen LogP contribution in [0, 0.1) is 19.8 Å². The van der Waals surface area contributed by atoms with Crippen molar-refractivity contribution in [2.75, 3.05) is 0 Å². The van der Waals surface area contributed by atoms with E-state index in [1.165, 1.54) is 28.7 Å². The molecule has 1 nitrogen and oxygen atoms in total. The number of hydrogen-bond donors (Lipinski definition) is 0. The molecule has 1 heteroatoms. The summed E-state index contributed by atoms with van der Waals surface area (Å²) in [4.78, 5) is 2.68. The second-order valence-electron chi connectivity index (χ2n) is 6.55. The Morgan fingerprint density at radius 3 is 2.42 bits per heavy atom. The average molecular weight is 255 g/mol. The Kier molecular flexibility index (Phi) is 2.78. The molecule has 1 aromatic carbocycles. The van der Waals surface area contributed by atoms with Crippen LogP contribution in [-0.2, 0) is 0 Å². The molecule has 19 heavy (non-hydrogen) atoms. The summed E-state index contributed by atoms with van der Waals surface area (Å²) in [6, 6.07) is 5.81. The summed E-state index contributed by atoms with van der Waals surface area (Å²) in [7, 11) is 0. The van der Waals surface area contributed by atoms with Gasteiger partial charge in [-0.2, -0.15) is 0 Å². The first kappa shape index (κ1) is 12.8. The fourth-order valence-corrected chi connectivity index (χ4v) is 4.36. The van der Waals surface area contributed by atoms with Crippen molar-refractivity contribution in [3.8, 4) is 0 Å². The molecule has 2 heterocycles. The first-order valence-electron chi connectivity index (χ1n) is 7.53. The molecule has 2 aliphatic heterocycles. The van der Waals surface area contributed by atoms with Crippen LogP contribution in [0.25, 0.3) is 5.57 Å². The van der Waals surface area contributed by atoms with Gasteiger partial charge in [-0.3, -0.25) is 0 Å². The molecule has 3 atom stereocenters. The Balaban J connectivity index is 2.28. The lowest BCUT2D eigenvalue weighted by molar-refractivity contribution is 0.239. The molecule has 3 unspecified atom stereocenters. The Bertz CT molecular complexity index is 567. The molecule has 0 amide bonds. The highest BCUT2D eigenvalue weighted by Crippen LogP contribution is 2.49. The normalized spacial score (nSPS) is 29.6. The highest BCUT2D eigenvalue weighted by molar-refractivity contribution is 5.74. The van der Waals surface area contributed by atoms with E-state index >= 15 is 0 Å². The molecule has 0 aliphatic carbocycles. The third kappa shape index (κ3) is 1.60. The van der Waals surface area contributed by atoms with Crippen LogP contribution < -0.4 is 0 Å². The van der Waals surface area contributed by atoms with E-state index in [0.717, 1.165) is 0 Å². The van der Waals surface area contributed by atoms with Gasteiger partial charge in [0.05, 0.1) is 6.04 Å². The van der Waals surface area contributed by atoms with E-state index in [-0.39, 0.29) is 0 Å². The lowest BCUT2D eigenvalue weighted by atomic mass is 9.84. The topological polar surface area (TPSA) is 3.24 Å². The smallest absolute Gasteiger partial charge is 0.0523 e. The maximum absolute atomic E-state index is 2.68. The Morgan fingerprint density at radius 2 is 1.74 bits per heavy atom. The molecular weight excluding hydrogens is 230 g/mol. The van der Waals surface area contributed by atoms with Crippen molar-refractivity contribution < 1.29 is 0 Å². The maximum atomic E-state index is 2.68. The number of fused-ring (bicyclic) bond motifs is 2. The first-order chi connectivity index (χ1) is 8.93. The second kappa shape index (κ2) is 4.13. The van der Waals surface area contributed by atoms with Crippen LogP contribution in [0.1, 0.15) is 62.4 Å². The minimum atomic E-state index is 0.522. The number of benzene rings is 1. The molecule has 102 valence electrons. The zero-order valence-electron chi connectivity index (χ0n) is 13.0. The number of hydrogen-bond acceptors (Lipinski definition) is 1. The van der Waals surface area contributed by atoms with Gasteiger partial charge in [-0.05, 0) is 74.8 Å². The molecule has 1 fully saturated rings. The van der Waals surface area contributed by atoms with Crippen molar-refractivity contribution in [2.24, 2.45) is 5.92 Å². The first-order valence-corrected chi connectivity index (χ1v) is 7.53. The van der Waals surface area contributed by atoms with Gasteiger partial charge in [0.15, 0.2) is 0 Å². The predicted molar refractivity (Wildman–Crippen MR) is 82.0 cm³/mol. The zero-order chi connectivity index (χ0) is 13.9. The molecule has 0 aromatic heterocycles. The van der Waals surface area contributed by atoms with E-state index < -0.39 is 0 Å². The maximum Gasteiger partial charge on any atom is 0.0523 e. The van der Waals surface area contributed by atoms with Crippen LogP contribution in [0.5, 0.6) is 0 Å². The fourth-order valence-electron chi connectivity index (χ4n) is 4.36. The highest BCUT2D eigenvalue weighted by atomic mass is 15.2. The van der Waals surface area contributed by atoms with Crippen LogP contribution in [0.3, 0.4) is 0 Å². The summed E-state index contributed by atoms with van der Waals surface area (Å²) in [6.07, 6.45) is 1.29. The summed E-state index contributed by atoms with van der Waals surface area (Å²) in [6.45, 7) is 14.0. The lowest BCUT2D eigenvalue weighted by Gasteiger charge is -2.40. The fraction of sp³-hybridized carbons (Fsp3) is 0.556. The number of nitrogens with zero attached hydrogens (tertiary/aromatic N) is 1. The van der Waals surface area contributed by atoms with E-state index in [1.807, 2.05) is 0 Å². The second-order valence-corrected chi connectivity index (χ2v) is 6.55. The van der Waals surface area contributed by atoms with Crippen LogP contribution in [-0.4, -0.2) is 10.9 Å². The zero-order valence-corrected chi connectivity index (χ0v) is 13.0. The minimum Gasteiger partial charge on any atom is -0.365 e. The summed E-state index contributed by atoms with van der Waals surface area (Å²) in [5.74, 6) is 0.701. The van der Waals surface area contributed by atoms with Crippen molar-refractivity contribution in [3.63, 3.8) is 0 Å². The predicted octanol–water partition coefficient (Wildman–Crippen LogP) is 4.84. The van der Waals surface area contributed by atoms with E-state index in [1.54, 1.807) is 11.3 Å². The molecule has 0 radical (unpaired) electrons. The van der Waals surface area contributed by atoms with Gasteiger partial charge < -0.3 is 4.90 Å². The van der Waals surface area contributed by atoms with E-state index in [0.29, 0.717) is 18.0 Å². The van der Waals surface area contributed by atoms with E-state index in [4.69, 9.17) is 0 Å². The number of aryl methyl sites for hydroxylation is 1. The Hall–Kier alpha value is -1.24. The molecule has 2 aliphatic rings. The molecule has 1 aromatic rings. The van der Waals surface area contributed by atoms with Gasteiger partial charge in [-0.15, -0.1) is 0 Å². The van der Waals surface area contributed by atoms with Gasteiger partial charge in [0.1, 0.15) is 0 Å². The SMILES string of the molecule is CC1=C2C(C)CC(C)N2C(C)c2c1ccc(C)c2C. The highest BCUT2D eigenvalue weighted by Gasteiger charge is 2.40. The van der Waals surface area contributed by atoms with Crippen LogP contribution in [0.4, 0.5) is 0 Å². The standard InChI is InChI=1S/C18H25N/c1-10-7-8-16-14(5)18-11(2)9-12(3)19(18)15(6)17(16)13(10)4/h7-8,11-12,15H,9H2,1-6H3. The van der Waals surface area contributed by atoms with Crippen molar-refractivity contribution in [2.45, 2.75) is 60.0 Å². The van der Waals surface area contributed by atoms with Crippen molar-refractivity contribution in [1.29, 1.82) is 0 Å². The van der Waals surface area contributed by atoms with Crippen molar-refractivity contribution >= 4 is 5.57 Å². The van der Waals surface area contributed by atoms with Gasteiger partial charge >= 0.3 is 0 Å². The molecule has 0 saturated carbocycles. The third-order valence-corrected chi connectivity index (χ3v) is 5.32. The van der Waals surface area contributed by atoms with Crippen molar-refractivity contribution in [3.05, 3.63) is 40.1 Å². The molecule has 1 saturated heterocycles. The number of rotatable bonds is 0. The number of allylic oxidation sites excluding steroid dienone is 2. The van der Waals surface area contributed by atoms with Crippen LogP contribution in [0.2, 0.25) is 0 Å². The summed E-state index contributed by atoms with van der Waals surface area (Å²) < 4.78 is 0. The van der Waals surface area contributed by atoms with Gasteiger partial charge in [-0.1, -0.05) is 19.1 Å². The van der Waals surface area contributed by atoms with Crippen LogP contribution in [0.15, 0.2) is 17.8 Å². The Morgan fingerprint density at radius 1 is 1.05 bits per heavy atom. The van der Waals surface area contributed by atoms with Crippen LogP contribution >= 0.6 is 0 Å². The molecular formula is C18H25N. The monoisotopic (exact) mass is 255 g/mol. The van der Waals surface area contributed by atoms with Crippen molar-refractivity contribution in [1.82, 2.24) is 4.90 Å². The average Bonchev–Trinajstić information content (AvgIpc) is 2.65. The van der Waals surface area contributed by atoms with Gasteiger partial charge in [0, 0.05) is 11.7 Å². The lowest BCUT2D eigenvalue weighted by Crippen LogP contribution is -2.33. The largest absolute Gasteiger partial charge is 0.365 e. The minimum absolute atomic E-state index is 0.522. The molecule has 3 rings (SSSR count). The Labute approximate surface area is 117 Å². The van der Waals surface area contributed by atoms with E-state index in [9.17, 15) is 0 Å². The van der Waals surface area contributed by atoms with Gasteiger partial charge in [-0.25, -0.2) is 0 Å². The summed E-state index contributed by atoms with van der Waals surface area (Å²) >= 11 is 0. The quantitative estimate of drug-likeness (QED) is 0.641. The van der Waals surface area contributed by atoms with Gasteiger partial charge in [0.2, 0.25) is 0 Å². The molecule has 0 N–H and O–H groups in total. The molecule has 0 spiro atoms. The van der Waals surface area contributed by atoms with Gasteiger partial charge in [0.25, 0.3) is 0 Å². The summed E-state index contributed by atoms with van der Waals surface area (Å²) in [5.41, 5.74) is 9.05. The third-order valence-electron chi connectivity index (χ3n) is 5.32. The summed E-state index contributed by atoms with van der Waals surface area (Å²) in [5, 5.41) is 0. The van der Waals surface area contributed by atoms with E-state index in [2.05, 4.69) is 58.6 Å². The molecule has 0 bridgehead atoms.